The van der Waals surface area contributed by atoms with Crippen molar-refractivity contribution in [3.63, 3.8) is 0 Å². The Balaban J connectivity index is 1.52. The molecule has 1 aliphatic carbocycles. The highest BCUT2D eigenvalue weighted by Gasteiger charge is 2.29. The Morgan fingerprint density at radius 3 is 2.19 bits per heavy atom. The van der Waals surface area contributed by atoms with Gasteiger partial charge in [-0.05, 0) is 41.0 Å². The molecule has 3 N–H and O–H groups in total. The summed E-state index contributed by atoms with van der Waals surface area (Å²) in [5.74, 6) is -1.17. The third-order valence-electron chi connectivity index (χ3n) is 5.84. The Labute approximate surface area is 188 Å². The van der Waals surface area contributed by atoms with Crippen molar-refractivity contribution in [3.05, 3.63) is 59.7 Å². The number of aliphatic carboxylic acids is 1. The molecule has 170 valence electrons. The molecule has 0 heterocycles. The summed E-state index contributed by atoms with van der Waals surface area (Å²) in [7, 11) is 0. The van der Waals surface area contributed by atoms with E-state index in [1.165, 1.54) is 0 Å². The second-order valence-electron chi connectivity index (χ2n) is 8.21. The third-order valence-corrected chi connectivity index (χ3v) is 5.84. The van der Waals surface area contributed by atoms with Crippen molar-refractivity contribution >= 4 is 18.0 Å². The van der Waals surface area contributed by atoms with Gasteiger partial charge in [-0.15, -0.1) is 0 Å². The number of carbonyl (C=O) groups is 3. The highest BCUT2D eigenvalue weighted by molar-refractivity contribution is 5.85. The van der Waals surface area contributed by atoms with E-state index in [9.17, 15) is 14.4 Å². The molecule has 0 saturated carbocycles. The van der Waals surface area contributed by atoms with Crippen LogP contribution >= 0.6 is 0 Å². The fraction of sp³-hybridized carbons (Fsp3) is 0.400. The first kappa shape index (κ1) is 23.3. The van der Waals surface area contributed by atoms with Crippen LogP contribution in [0.15, 0.2) is 48.5 Å². The number of carboxylic acid groups (broad SMARTS) is 1. The number of hydrogen-bond acceptors (Lipinski definition) is 4. The molecule has 0 bridgehead atoms. The lowest BCUT2D eigenvalue weighted by Crippen LogP contribution is -2.47. The number of fused-ring (bicyclic) bond motifs is 3. The average molecular weight is 439 g/mol. The van der Waals surface area contributed by atoms with Gasteiger partial charge < -0.3 is 20.5 Å². The Morgan fingerprint density at radius 1 is 1.03 bits per heavy atom. The van der Waals surface area contributed by atoms with E-state index in [0.29, 0.717) is 19.4 Å². The summed E-state index contributed by atoms with van der Waals surface area (Å²) in [6.45, 7) is 4.23. The summed E-state index contributed by atoms with van der Waals surface area (Å²) in [6, 6.07) is 15.5. The molecule has 0 spiro atoms. The lowest BCUT2D eigenvalue weighted by atomic mass is 9.98. The Hall–Kier alpha value is -3.35. The molecule has 0 fully saturated rings. The molecular weight excluding hydrogens is 408 g/mol. The molecule has 0 saturated heterocycles. The van der Waals surface area contributed by atoms with Crippen LogP contribution in [0.2, 0.25) is 0 Å². The number of ether oxygens (including phenoxy) is 1. The van der Waals surface area contributed by atoms with E-state index in [-0.39, 0.29) is 30.8 Å². The number of benzene rings is 2. The van der Waals surface area contributed by atoms with Crippen LogP contribution in [0.3, 0.4) is 0 Å². The first-order valence-corrected chi connectivity index (χ1v) is 11.0. The molecule has 32 heavy (non-hydrogen) atoms. The maximum absolute atomic E-state index is 12.4. The fourth-order valence-electron chi connectivity index (χ4n) is 4.01. The van der Waals surface area contributed by atoms with Crippen LogP contribution in [0.4, 0.5) is 4.79 Å². The predicted molar refractivity (Wildman–Crippen MR) is 121 cm³/mol. The molecule has 0 aliphatic heterocycles. The topological polar surface area (TPSA) is 105 Å². The monoisotopic (exact) mass is 438 g/mol. The number of carboxylic acids is 1. The summed E-state index contributed by atoms with van der Waals surface area (Å²) < 4.78 is 5.52. The molecule has 1 aliphatic rings. The summed E-state index contributed by atoms with van der Waals surface area (Å²) in [6.07, 6.45) is 0.325. The zero-order chi connectivity index (χ0) is 23.1. The highest BCUT2D eigenvalue weighted by atomic mass is 16.5. The van der Waals surface area contributed by atoms with Gasteiger partial charge in [-0.2, -0.15) is 0 Å². The van der Waals surface area contributed by atoms with Crippen LogP contribution in [0.1, 0.15) is 50.2 Å². The van der Waals surface area contributed by atoms with E-state index in [4.69, 9.17) is 9.84 Å². The first-order chi connectivity index (χ1) is 15.4. The summed E-state index contributed by atoms with van der Waals surface area (Å²) in [5.41, 5.74) is 4.56. The Kier molecular flexibility index (Phi) is 7.87. The molecule has 2 atom stereocenters. The molecule has 2 amide bonds. The van der Waals surface area contributed by atoms with Crippen LogP contribution in [0, 0.1) is 5.92 Å². The second kappa shape index (κ2) is 10.8. The van der Waals surface area contributed by atoms with E-state index in [1.54, 1.807) is 0 Å². The summed E-state index contributed by atoms with van der Waals surface area (Å²) in [5, 5.41) is 14.2. The van der Waals surface area contributed by atoms with Crippen molar-refractivity contribution in [2.75, 3.05) is 13.2 Å². The number of hydrogen-bond donors (Lipinski definition) is 3. The van der Waals surface area contributed by atoms with E-state index < -0.39 is 18.1 Å². The highest BCUT2D eigenvalue weighted by Crippen LogP contribution is 2.44. The zero-order valence-corrected chi connectivity index (χ0v) is 18.5. The van der Waals surface area contributed by atoms with Gasteiger partial charge in [0, 0.05) is 18.9 Å². The molecule has 0 radical (unpaired) electrons. The van der Waals surface area contributed by atoms with Crippen molar-refractivity contribution < 1.29 is 24.2 Å². The maximum atomic E-state index is 12.4. The molecule has 3 rings (SSSR count). The lowest BCUT2D eigenvalue weighted by molar-refractivity contribution is -0.137. The average Bonchev–Trinajstić information content (AvgIpc) is 3.12. The summed E-state index contributed by atoms with van der Waals surface area (Å²) in [4.78, 5) is 35.5. The first-order valence-electron chi connectivity index (χ1n) is 11.0. The quantitative estimate of drug-likeness (QED) is 0.521. The van der Waals surface area contributed by atoms with Crippen molar-refractivity contribution in [2.24, 2.45) is 5.92 Å². The SMILES string of the molecule is CCC(NC(=O)OCC1c2ccccc2-c2ccccc21)C(=O)NCC(C)CCC(=O)O. The van der Waals surface area contributed by atoms with Gasteiger partial charge in [-0.1, -0.05) is 62.4 Å². The number of amides is 2. The lowest BCUT2D eigenvalue weighted by Gasteiger charge is -2.19. The maximum Gasteiger partial charge on any atom is 0.407 e. The van der Waals surface area contributed by atoms with Gasteiger partial charge in [0.15, 0.2) is 0 Å². The van der Waals surface area contributed by atoms with E-state index in [2.05, 4.69) is 34.9 Å². The molecule has 7 heteroatoms. The van der Waals surface area contributed by atoms with E-state index in [1.807, 2.05) is 38.1 Å². The fourth-order valence-corrected chi connectivity index (χ4v) is 4.01. The summed E-state index contributed by atoms with van der Waals surface area (Å²) >= 11 is 0. The Morgan fingerprint density at radius 2 is 1.62 bits per heavy atom. The third kappa shape index (κ3) is 5.66. The predicted octanol–water partition coefficient (Wildman–Crippen LogP) is 3.92. The smallest absolute Gasteiger partial charge is 0.407 e. The molecule has 2 aromatic rings. The Bertz CT molecular complexity index is 929. The van der Waals surface area contributed by atoms with Gasteiger partial charge >= 0.3 is 12.1 Å². The van der Waals surface area contributed by atoms with Gasteiger partial charge in [0.25, 0.3) is 0 Å². The van der Waals surface area contributed by atoms with E-state index in [0.717, 1.165) is 22.3 Å². The van der Waals surface area contributed by atoms with Crippen LogP contribution < -0.4 is 10.6 Å². The van der Waals surface area contributed by atoms with Crippen molar-refractivity contribution in [2.45, 2.75) is 45.1 Å². The number of nitrogens with one attached hydrogen (secondary N) is 2. The number of rotatable bonds is 10. The van der Waals surface area contributed by atoms with Gasteiger partial charge in [0.2, 0.25) is 5.91 Å². The van der Waals surface area contributed by atoms with Gasteiger partial charge in [0.05, 0.1) is 0 Å². The number of alkyl carbamates (subject to hydrolysis) is 1. The zero-order valence-electron chi connectivity index (χ0n) is 18.5. The van der Waals surface area contributed by atoms with Crippen molar-refractivity contribution in [1.82, 2.24) is 10.6 Å². The molecule has 2 unspecified atom stereocenters. The molecule has 0 aromatic heterocycles. The minimum atomic E-state index is -0.855. The van der Waals surface area contributed by atoms with Crippen molar-refractivity contribution in [3.8, 4) is 11.1 Å². The van der Waals surface area contributed by atoms with Gasteiger partial charge in [-0.25, -0.2) is 4.79 Å². The number of carbonyl (C=O) groups excluding carboxylic acids is 2. The normalized spacial score (nSPS) is 14.1. The molecule has 7 nitrogen and oxygen atoms in total. The van der Waals surface area contributed by atoms with Crippen LogP contribution in [0.5, 0.6) is 0 Å². The largest absolute Gasteiger partial charge is 0.481 e. The van der Waals surface area contributed by atoms with Crippen LogP contribution in [-0.2, 0) is 14.3 Å². The standard InChI is InChI=1S/C25H30N2O5/c1-3-22(24(30)26-14-16(2)12-13-23(28)29)27-25(31)32-15-21-19-10-6-4-8-17(19)18-9-5-7-11-20(18)21/h4-11,16,21-22H,3,12-15H2,1-2H3,(H,26,30)(H,27,31)(H,28,29). The second-order valence-corrected chi connectivity index (χ2v) is 8.21. The molecular formula is C25H30N2O5. The molecule has 2 aromatic carbocycles. The van der Waals surface area contributed by atoms with Crippen LogP contribution in [0.25, 0.3) is 11.1 Å². The van der Waals surface area contributed by atoms with Crippen LogP contribution in [-0.4, -0.2) is 42.3 Å². The van der Waals surface area contributed by atoms with Crippen molar-refractivity contribution in [1.29, 1.82) is 0 Å². The van der Waals surface area contributed by atoms with E-state index >= 15 is 0 Å². The minimum Gasteiger partial charge on any atom is -0.481 e. The van der Waals surface area contributed by atoms with Gasteiger partial charge in [0.1, 0.15) is 12.6 Å². The minimum absolute atomic E-state index is 0.0296. The van der Waals surface area contributed by atoms with Gasteiger partial charge in [-0.3, -0.25) is 9.59 Å².